The first-order valence-corrected chi connectivity index (χ1v) is 5.97. The third-order valence-electron chi connectivity index (χ3n) is 2.82. The van der Waals surface area contributed by atoms with Crippen LogP contribution < -0.4 is 11.1 Å². The fraction of sp³-hybridized carbons (Fsp3) is 0.615. The average Bonchev–Trinajstić information content (AvgIpc) is 3.00. The lowest BCUT2D eigenvalue weighted by Crippen LogP contribution is -2.16. The lowest BCUT2D eigenvalue weighted by molar-refractivity contribution is 0.568. The van der Waals surface area contributed by atoms with Gasteiger partial charge in [0.15, 0.2) is 0 Å². The van der Waals surface area contributed by atoms with Gasteiger partial charge in [0.2, 0.25) is 0 Å². The Bertz CT molecular complexity index is 375. The lowest BCUT2D eigenvalue weighted by atomic mass is 9.91. The van der Waals surface area contributed by atoms with E-state index in [1.165, 1.54) is 12.8 Å². The van der Waals surface area contributed by atoms with E-state index in [2.05, 4.69) is 43.2 Å². The molecule has 1 fully saturated rings. The van der Waals surface area contributed by atoms with E-state index in [9.17, 15) is 0 Å². The summed E-state index contributed by atoms with van der Waals surface area (Å²) in [4.78, 5) is 4.67. The van der Waals surface area contributed by atoms with Crippen LogP contribution in [-0.4, -0.2) is 11.0 Å². The highest BCUT2D eigenvalue weighted by atomic mass is 15.0. The molecule has 1 saturated carbocycles. The highest BCUT2D eigenvalue weighted by Crippen LogP contribution is 2.27. The zero-order valence-corrected chi connectivity index (χ0v) is 10.4. The van der Waals surface area contributed by atoms with Gasteiger partial charge in [-0.15, -0.1) is 0 Å². The van der Waals surface area contributed by atoms with Gasteiger partial charge in [-0.1, -0.05) is 20.8 Å². The predicted molar refractivity (Wildman–Crippen MR) is 67.5 cm³/mol. The summed E-state index contributed by atoms with van der Waals surface area (Å²) in [5.74, 6) is 0.982. The Kier molecular flexibility index (Phi) is 2.89. The predicted octanol–water partition coefficient (Wildman–Crippen LogP) is 2.41. The fourth-order valence-corrected chi connectivity index (χ4v) is 1.60. The molecule has 2 rings (SSSR count). The second-order valence-corrected chi connectivity index (χ2v) is 5.62. The van der Waals surface area contributed by atoms with Crippen LogP contribution in [0, 0.1) is 0 Å². The summed E-state index contributed by atoms with van der Waals surface area (Å²) in [5, 5.41) is 3.44. The first kappa shape index (κ1) is 11.4. The molecule has 3 heteroatoms. The summed E-state index contributed by atoms with van der Waals surface area (Å²) >= 11 is 0. The first-order chi connectivity index (χ1) is 7.49. The molecule has 0 spiro atoms. The molecule has 0 atom stereocenters. The minimum atomic E-state index is 0.0746. The third-order valence-corrected chi connectivity index (χ3v) is 2.82. The molecule has 1 aromatic rings. The van der Waals surface area contributed by atoms with Gasteiger partial charge >= 0.3 is 0 Å². The van der Waals surface area contributed by atoms with E-state index in [4.69, 9.17) is 5.73 Å². The summed E-state index contributed by atoms with van der Waals surface area (Å²) < 4.78 is 0. The summed E-state index contributed by atoms with van der Waals surface area (Å²) in [5.41, 5.74) is 8.06. The first-order valence-electron chi connectivity index (χ1n) is 5.97. The van der Waals surface area contributed by atoms with Gasteiger partial charge in [-0.2, -0.15) is 0 Å². The van der Waals surface area contributed by atoms with Crippen LogP contribution in [0.4, 0.5) is 5.82 Å². The van der Waals surface area contributed by atoms with Crippen molar-refractivity contribution < 1.29 is 0 Å². The van der Waals surface area contributed by atoms with E-state index in [0.29, 0.717) is 12.6 Å². The number of nitrogens with two attached hydrogens (primary N) is 1. The second kappa shape index (κ2) is 4.06. The standard InChI is InChI=1S/C13H21N3/c1-13(2,3)11-6-9(8-14)7-12(16-11)15-10-4-5-10/h6-7,10H,4-5,8,14H2,1-3H3,(H,15,16). The summed E-state index contributed by atoms with van der Waals surface area (Å²) in [6, 6.07) is 4.80. The number of nitrogens with one attached hydrogen (secondary N) is 1. The van der Waals surface area contributed by atoms with E-state index >= 15 is 0 Å². The van der Waals surface area contributed by atoms with Crippen molar-refractivity contribution >= 4 is 5.82 Å². The van der Waals surface area contributed by atoms with Gasteiger partial charge in [-0.25, -0.2) is 4.98 Å². The van der Waals surface area contributed by atoms with Gasteiger partial charge in [0.1, 0.15) is 5.82 Å². The number of pyridine rings is 1. The van der Waals surface area contributed by atoms with E-state index in [0.717, 1.165) is 17.1 Å². The van der Waals surface area contributed by atoms with Gasteiger partial charge < -0.3 is 11.1 Å². The molecular formula is C13H21N3. The molecule has 1 aliphatic rings. The van der Waals surface area contributed by atoms with Crippen LogP contribution >= 0.6 is 0 Å². The fourth-order valence-electron chi connectivity index (χ4n) is 1.60. The zero-order valence-electron chi connectivity index (χ0n) is 10.4. The van der Waals surface area contributed by atoms with Crippen molar-refractivity contribution in [3.05, 3.63) is 23.4 Å². The summed E-state index contributed by atoms with van der Waals surface area (Å²) in [6.45, 7) is 7.11. The quantitative estimate of drug-likeness (QED) is 0.820. The summed E-state index contributed by atoms with van der Waals surface area (Å²) in [7, 11) is 0. The van der Waals surface area contributed by atoms with Gasteiger partial charge in [-0.3, -0.25) is 0 Å². The topological polar surface area (TPSA) is 50.9 Å². The van der Waals surface area contributed by atoms with Gasteiger partial charge in [0.25, 0.3) is 0 Å². The van der Waals surface area contributed by atoms with E-state index in [-0.39, 0.29) is 5.41 Å². The number of anilines is 1. The zero-order chi connectivity index (χ0) is 11.8. The maximum absolute atomic E-state index is 5.72. The molecule has 1 aliphatic carbocycles. The maximum atomic E-state index is 5.72. The van der Waals surface area contributed by atoms with Gasteiger partial charge in [-0.05, 0) is 30.5 Å². The van der Waals surface area contributed by atoms with Gasteiger partial charge in [0.05, 0.1) is 0 Å². The number of nitrogens with zero attached hydrogens (tertiary/aromatic N) is 1. The molecule has 16 heavy (non-hydrogen) atoms. The van der Waals surface area contributed by atoms with Crippen LogP contribution in [0.2, 0.25) is 0 Å². The Morgan fingerprint density at radius 1 is 1.38 bits per heavy atom. The average molecular weight is 219 g/mol. The minimum absolute atomic E-state index is 0.0746. The molecular weight excluding hydrogens is 198 g/mol. The SMILES string of the molecule is CC(C)(C)c1cc(CN)cc(NC2CC2)n1. The van der Waals surface area contributed by atoms with Crippen molar-refractivity contribution in [1.82, 2.24) is 4.98 Å². The number of rotatable bonds is 3. The van der Waals surface area contributed by atoms with Crippen molar-refractivity contribution in [2.24, 2.45) is 5.73 Å². The molecule has 0 bridgehead atoms. The third kappa shape index (κ3) is 2.73. The van der Waals surface area contributed by atoms with Crippen molar-refractivity contribution in [2.45, 2.75) is 51.6 Å². The Hall–Kier alpha value is -1.09. The molecule has 0 aromatic carbocycles. The summed E-state index contributed by atoms with van der Waals surface area (Å²) in [6.07, 6.45) is 2.53. The van der Waals surface area contributed by atoms with Crippen molar-refractivity contribution in [3.8, 4) is 0 Å². The number of aromatic nitrogens is 1. The maximum Gasteiger partial charge on any atom is 0.126 e. The van der Waals surface area contributed by atoms with E-state index in [1.807, 2.05) is 0 Å². The smallest absolute Gasteiger partial charge is 0.126 e. The van der Waals surface area contributed by atoms with E-state index < -0.39 is 0 Å². The van der Waals surface area contributed by atoms with Crippen molar-refractivity contribution in [1.29, 1.82) is 0 Å². The number of hydrogen-bond donors (Lipinski definition) is 2. The molecule has 3 N–H and O–H groups in total. The monoisotopic (exact) mass is 219 g/mol. The Labute approximate surface area is 97.5 Å². The number of hydrogen-bond acceptors (Lipinski definition) is 3. The molecule has 0 radical (unpaired) electrons. The second-order valence-electron chi connectivity index (χ2n) is 5.62. The van der Waals surface area contributed by atoms with Crippen LogP contribution in [-0.2, 0) is 12.0 Å². The largest absolute Gasteiger partial charge is 0.367 e. The van der Waals surface area contributed by atoms with Crippen molar-refractivity contribution in [2.75, 3.05) is 5.32 Å². The van der Waals surface area contributed by atoms with Crippen LogP contribution in [0.15, 0.2) is 12.1 Å². The molecule has 0 unspecified atom stereocenters. The van der Waals surface area contributed by atoms with Gasteiger partial charge in [0, 0.05) is 23.7 Å². The van der Waals surface area contributed by atoms with Crippen LogP contribution in [0.25, 0.3) is 0 Å². The van der Waals surface area contributed by atoms with Crippen LogP contribution in [0.1, 0.15) is 44.9 Å². The lowest BCUT2D eigenvalue weighted by Gasteiger charge is -2.20. The Balaban J connectivity index is 2.29. The molecule has 0 saturated heterocycles. The highest BCUT2D eigenvalue weighted by Gasteiger charge is 2.23. The van der Waals surface area contributed by atoms with Crippen molar-refractivity contribution in [3.63, 3.8) is 0 Å². The Morgan fingerprint density at radius 3 is 2.56 bits per heavy atom. The molecule has 1 aromatic heterocycles. The van der Waals surface area contributed by atoms with Crippen LogP contribution in [0.5, 0.6) is 0 Å². The Morgan fingerprint density at radius 2 is 2.06 bits per heavy atom. The highest BCUT2D eigenvalue weighted by molar-refractivity contribution is 5.42. The molecule has 0 amide bonds. The van der Waals surface area contributed by atoms with Crippen LogP contribution in [0.3, 0.4) is 0 Å². The molecule has 88 valence electrons. The molecule has 0 aliphatic heterocycles. The molecule has 1 heterocycles. The molecule has 3 nitrogen and oxygen atoms in total. The van der Waals surface area contributed by atoms with E-state index in [1.54, 1.807) is 0 Å². The minimum Gasteiger partial charge on any atom is -0.367 e. The normalized spacial score (nSPS) is 16.2.